The molecule has 0 aliphatic carbocycles. The lowest BCUT2D eigenvalue weighted by Crippen LogP contribution is -3.10. The number of aliphatic carboxylic acids is 1. The number of ether oxygens (including phenoxy) is 1. The summed E-state index contributed by atoms with van der Waals surface area (Å²) in [6, 6.07) is 5.93. The number of carboxylic acids is 1. The van der Waals surface area contributed by atoms with Gasteiger partial charge in [0.05, 0.1) is 12.6 Å². The number of carboxylic acid groups (broad SMARTS) is 1. The number of benzene rings is 1. The van der Waals surface area contributed by atoms with Gasteiger partial charge in [-0.05, 0) is 44.2 Å². The number of unbranched alkanes of at least 4 members (excludes halogenated alkanes) is 4. The van der Waals surface area contributed by atoms with E-state index in [4.69, 9.17) is 9.84 Å². The number of halogens is 1. The summed E-state index contributed by atoms with van der Waals surface area (Å²) in [7, 11) is 0. The van der Waals surface area contributed by atoms with E-state index >= 15 is 0 Å². The second kappa shape index (κ2) is 12.0. The van der Waals surface area contributed by atoms with E-state index in [0.29, 0.717) is 19.4 Å². The fraction of sp³-hybridized carbons (Fsp3) is 0.650. The minimum absolute atomic E-state index is 0.0695. The van der Waals surface area contributed by atoms with Crippen LogP contribution in [-0.2, 0) is 4.79 Å². The average Bonchev–Trinajstić information content (AvgIpc) is 2.92. The van der Waals surface area contributed by atoms with Crippen LogP contribution in [0.3, 0.4) is 0 Å². The van der Waals surface area contributed by atoms with Crippen molar-refractivity contribution >= 4 is 5.97 Å². The normalized spacial score (nSPS) is 22.5. The largest absolute Gasteiger partial charge is 0.633 e. The summed E-state index contributed by atoms with van der Waals surface area (Å²) in [6.07, 6.45) is 6.34. The minimum atomic E-state index is -0.777. The highest BCUT2D eigenvalue weighted by Gasteiger charge is 2.38. The summed E-state index contributed by atoms with van der Waals surface area (Å²) in [5, 5.41) is 32.1. The summed E-state index contributed by atoms with van der Waals surface area (Å²) >= 11 is 0. The quantitative estimate of drug-likeness (QED) is 0.349. The van der Waals surface area contributed by atoms with E-state index in [1.165, 1.54) is 6.07 Å². The summed E-state index contributed by atoms with van der Waals surface area (Å²) in [6.45, 7) is 0.460. The Labute approximate surface area is 165 Å². The zero-order valence-corrected chi connectivity index (χ0v) is 16.2. The van der Waals surface area contributed by atoms with Crippen LogP contribution >= 0.6 is 0 Å². The third kappa shape index (κ3) is 7.35. The Hall–Kier alpha value is -1.74. The number of para-hydroxylation sites is 1. The molecular formula is C20H31FN2O5. The van der Waals surface area contributed by atoms with Crippen molar-refractivity contribution < 1.29 is 29.3 Å². The van der Waals surface area contributed by atoms with E-state index in [0.717, 1.165) is 43.6 Å². The highest BCUT2D eigenvalue weighted by molar-refractivity contribution is 5.66. The summed E-state index contributed by atoms with van der Waals surface area (Å²) in [5.41, 5.74) is 0. The van der Waals surface area contributed by atoms with Crippen LogP contribution in [0.2, 0.25) is 0 Å². The van der Waals surface area contributed by atoms with E-state index in [2.05, 4.69) is 0 Å². The Morgan fingerprint density at radius 1 is 1.18 bits per heavy atom. The number of quaternary nitrogens is 1. The Morgan fingerprint density at radius 3 is 2.64 bits per heavy atom. The summed E-state index contributed by atoms with van der Waals surface area (Å²) in [5.74, 6) is -0.919. The molecule has 3 N–H and O–H groups in total. The van der Waals surface area contributed by atoms with Crippen molar-refractivity contribution in [3.8, 4) is 5.75 Å². The second-order valence-electron chi connectivity index (χ2n) is 7.36. The molecule has 2 rings (SSSR count). The molecule has 0 saturated carbocycles. The van der Waals surface area contributed by atoms with Gasteiger partial charge in [0.25, 0.3) is 0 Å². The first-order chi connectivity index (χ1) is 13.5. The van der Waals surface area contributed by atoms with E-state index in [1.54, 1.807) is 18.2 Å². The molecule has 1 aromatic carbocycles. The molecule has 0 amide bonds. The standard InChI is InChI=1S/C20H31FN2O5/c21-16-9-5-6-12-19(16)28-14-8-7-11-18-17(22(26)15-23(18)27)10-3-1-2-4-13-20(24)25/h5-6,9,12,17-18,22,27H,1-4,7-8,10-11,13-15H2,(H,24,25). The van der Waals surface area contributed by atoms with Gasteiger partial charge in [-0.25, -0.2) is 4.39 Å². The SMILES string of the molecule is O=C(O)CCCCCCC1C(CCCCOc2ccccc2F)N(O)C[NH+]1[O-]. The van der Waals surface area contributed by atoms with Gasteiger partial charge in [-0.15, -0.1) is 5.06 Å². The Bertz CT molecular complexity index is 604. The van der Waals surface area contributed by atoms with E-state index in [9.17, 15) is 19.6 Å². The first-order valence-electron chi connectivity index (χ1n) is 10.1. The number of hydrogen-bond acceptors (Lipinski definition) is 5. The first kappa shape index (κ1) is 22.5. The maximum absolute atomic E-state index is 13.5. The molecule has 158 valence electrons. The molecule has 7 nitrogen and oxygen atoms in total. The van der Waals surface area contributed by atoms with Gasteiger partial charge >= 0.3 is 5.97 Å². The van der Waals surface area contributed by atoms with Gasteiger partial charge in [-0.2, -0.15) is 0 Å². The summed E-state index contributed by atoms with van der Waals surface area (Å²) in [4.78, 5) is 10.5. The van der Waals surface area contributed by atoms with Crippen LogP contribution in [0.15, 0.2) is 24.3 Å². The lowest BCUT2D eigenvalue weighted by molar-refractivity contribution is -0.869. The smallest absolute Gasteiger partial charge is 0.303 e. The van der Waals surface area contributed by atoms with Crippen molar-refractivity contribution in [2.45, 2.75) is 69.9 Å². The molecule has 3 unspecified atom stereocenters. The molecule has 1 aliphatic rings. The molecule has 28 heavy (non-hydrogen) atoms. The third-order valence-electron chi connectivity index (χ3n) is 5.22. The molecule has 3 atom stereocenters. The van der Waals surface area contributed by atoms with Gasteiger partial charge in [0.2, 0.25) is 0 Å². The molecule has 0 aromatic heterocycles. The Morgan fingerprint density at radius 2 is 1.89 bits per heavy atom. The van der Waals surface area contributed by atoms with Gasteiger partial charge in [0.15, 0.2) is 18.2 Å². The van der Waals surface area contributed by atoms with Gasteiger partial charge in [0.1, 0.15) is 6.04 Å². The van der Waals surface area contributed by atoms with Crippen LogP contribution in [0.5, 0.6) is 5.75 Å². The van der Waals surface area contributed by atoms with Crippen LogP contribution in [0.1, 0.15) is 57.8 Å². The Kier molecular flexibility index (Phi) is 9.63. The van der Waals surface area contributed by atoms with Crippen molar-refractivity contribution in [3.05, 3.63) is 35.3 Å². The summed E-state index contributed by atoms with van der Waals surface area (Å²) < 4.78 is 18.9. The molecular weight excluding hydrogens is 367 g/mol. The number of rotatable bonds is 13. The maximum atomic E-state index is 13.5. The molecule has 1 aromatic rings. The molecule has 1 heterocycles. The zero-order chi connectivity index (χ0) is 20.4. The average molecular weight is 398 g/mol. The van der Waals surface area contributed by atoms with E-state index in [-0.39, 0.29) is 41.8 Å². The van der Waals surface area contributed by atoms with E-state index in [1.807, 2.05) is 0 Å². The first-order valence-corrected chi connectivity index (χ1v) is 10.1. The predicted molar refractivity (Wildman–Crippen MR) is 101 cm³/mol. The number of carbonyl (C=O) groups is 1. The second-order valence-corrected chi connectivity index (χ2v) is 7.36. The zero-order valence-electron chi connectivity index (χ0n) is 16.2. The van der Waals surface area contributed by atoms with Crippen LogP contribution < -0.4 is 9.80 Å². The van der Waals surface area contributed by atoms with Gasteiger partial charge in [0, 0.05) is 12.8 Å². The van der Waals surface area contributed by atoms with Gasteiger partial charge in [-0.3, -0.25) is 4.79 Å². The number of hydroxylamine groups is 4. The number of nitrogens with zero attached hydrogens (tertiary/aromatic N) is 1. The molecule has 1 saturated heterocycles. The van der Waals surface area contributed by atoms with Crippen LogP contribution in [0.25, 0.3) is 0 Å². The molecule has 0 spiro atoms. The van der Waals surface area contributed by atoms with Gasteiger partial charge < -0.3 is 25.3 Å². The van der Waals surface area contributed by atoms with Gasteiger partial charge in [-0.1, -0.05) is 25.0 Å². The number of hydrogen-bond donors (Lipinski definition) is 3. The minimum Gasteiger partial charge on any atom is -0.633 e. The highest BCUT2D eigenvalue weighted by Crippen LogP contribution is 2.19. The van der Waals surface area contributed by atoms with Crippen LogP contribution in [0, 0.1) is 11.0 Å². The van der Waals surface area contributed by atoms with Crippen LogP contribution in [-0.4, -0.2) is 46.7 Å². The van der Waals surface area contributed by atoms with Crippen molar-refractivity contribution in [2.24, 2.45) is 0 Å². The number of nitrogens with one attached hydrogen (secondary N) is 1. The molecule has 1 fully saturated rings. The fourth-order valence-electron chi connectivity index (χ4n) is 3.71. The predicted octanol–water partition coefficient (Wildman–Crippen LogP) is 2.58. The molecule has 0 bridgehead atoms. The van der Waals surface area contributed by atoms with Crippen molar-refractivity contribution in [2.75, 3.05) is 13.3 Å². The topological polar surface area (TPSA) is 97.5 Å². The lowest BCUT2D eigenvalue weighted by Gasteiger charge is -2.26. The highest BCUT2D eigenvalue weighted by atomic mass is 19.1. The van der Waals surface area contributed by atoms with Crippen molar-refractivity contribution in [1.82, 2.24) is 5.06 Å². The van der Waals surface area contributed by atoms with E-state index < -0.39 is 5.97 Å². The molecule has 0 radical (unpaired) electrons. The van der Waals surface area contributed by atoms with Crippen LogP contribution in [0.4, 0.5) is 4.39 Å². The van der Waals surface area contributed by atoms with Crippen molar-refractivity contribution in [3.63, 3.8) is 0 Å². The fourth-order valence-corrected chi connectivity index (χ4v) is 3.71. The third-order valence-corrected chi connectivity index (χ3v) is 5.22. The Balaban J connectivity index is 1.65. The monoisotopic (exact) mass is 398 g/mol. The maximum Gasteiger partial charge on any atom is 0.303 e. The molecule has 8 heteroatoms. The lowest BCUT2D eigenvalue weighted by atomic mass is 9.97. The molecule has 1 aliphatic heterocycles. The van der Waals surface area contributed by atoms with Crippen molar-refractivity contribution in [1.29, 1.82) is 0 Å².